The Kier molecular flexibility index (Phi) is 8.81. The Bertz CT molecular complexity index is 1290. The number of halogens is 1. The first kappa shape index (κ1) is 28.2. The van der Waals surface area contributed by atoms with Crippen LogP contribution >= 0.6 is 38.6 Å². The first-order valence-electron chi connectivity index (χ1n) is 13.2. The van der Waals surface area contributed by atoms with E-state index in [-0.39, 0.29) is 17.9 Å². The number of thiophene rings is 1. The van der Waals surface area contributed by atoms with Crippen LogP contribution in [0.2, 0.25) is 0 Å². The Balaban J connectivity index is 1.67. The fourth-order valence-electron chi connectivity index (χ4n) is 4.69. The zero-order valence-electron chi connectivity index (χ0n) is 22.7. The topological polar surface area (TPSA) is 59.5 Å². The van der Waals surface area contributed by atoms with Crippen LogP contribution in [0.3, 0.4) is 0 Å². The summed E-state index contributed by atoms with van der Waals surface area (Å²) >= 11 is 6.91. The fraction of sp³-hybridized carbons (Fsp3) is 0.552. The highest BCUT2D eigenvalue weighted by Gasteiger charge is 2.35. The van der Waals surface area contributed by atoms with Gasteiger partial charge >= 0.3 is 6.09 Å². The Morgan fingerprint density at radius 3 is 2.73 bits per heavy atom. The normalized spacial score (nSPS) is 16.6. The zero-order valence-corrected chi connectivity index (χ0v) is 25.9. The molecule has 0 unspecified atom stereocenters. The monoisotopic (exact) mass is 604 g/mol. The first-order chi connectivity index (χ1) is 17.4. The maximum atomic E-state index is 13.1. The largest absolute Gasteiger partial charge is 0.444 e. The number of fused-ring (bicyclic) bond motifs is 2. The number of benzene rings is 1. The average molecular weight is 606 g/mol. The molecule has 37 heavy (non-hydrogen) atoms. The van der Waals surface area contributed by atoms with Crippen LogP contribution in [-0.2, 0) is 28.9 Å². The van der Waals surface area contributed by atoms with Crippen LogP contribution in [0.15, 0.2) is 22.7 Å². The van der Waals surface area contributed by atoms with Gasteiger partial charge in [-0.3, -0.25) is 4.79 Å². The summed E-state index contributed by atoms with van der Waals surface area (Å²) in [7, 11) is 0. The van der Waals surface area contributed by atoms with Gasteiger partial charge in [-0.25, -0.2) is 9.78 Å². The number of ketones is 1. The summed E-state index contributed by atoms with van der Waals surface area (Å²) < 4.78 is 7.83. The van der Waals surface area contributed by atoms with Crippen LogP contribution in [0.25, 0.3) is 20.8 Å². The van der Waals surface area contributed by atoms with Gasteiger partial charge in [-0.1, -0.05) is 42.6 Å². The third-order valence-electron chi connectivity index (χ3n) is 6.91. The molecule has 0 saturated heterocycles. The van der Waals surface area contributed by atoms with Crippen LogP contribution < -0.4 is 0 Å². The molecule has 0 saturated carbocycles. The van der Waals surface area contributed by atoms with Crippen LogP contribution in [0.1, 0.15) is 82.5 Å². The number of thiazole rings is 1. The highest BCUT2D eigenvalue weighted by molar-refractivity contribution is 9.10. The molecular formula is C29H37BrN2O3S2. The minimum Gasteiger partial charge on any atom is -0.444 e. The number of aromatic nitrogens is 1. The van der Waals surface area contributed by atoms with Gasteiger partial charge in [0.1, 0.15) is 16.4 Å². The predicted molar refractivity (Wildman–Crippen MR) is 158 cm³/mol. The van der Waals surface area contributed by atoms with Gasteiger partial charge in [0, 0.05) is 38.7 Å². The number of carbonyl (C=O) groups excluding carboxylic acids is 2. The van der Waals surface area contributed by atoms with Crippen LogP contribution in [0.5, 0.6) is 0 Å². The third-order valence-corrected chi connectivity index (χ3v) is 9.67. The molecule has 0 fully saturated rings. The lowest BCUT2D eigenvalue weighted by Gasteiger charge is -2.35. The van der Waals surface area contributed by atoms with Crippen molar-refractivity contribution in [3.05, 3.63) is 38.0 Å². The second kappa shape index (κ2) is 11.5. The fourth-order valence-corrected chi connectivity index (χ4v) is 7.52. The lowest BCUT2D eigenvalue weighted by atomic mass is 9.95. The molecule has 1 amide bonds. The number of nitrogens with zero attached hydrogens (tertiary/aromatic N) is 2. The molecule has 3 aromatic rings. The van der Waals surface area contributed by atoms with Gasteiger partial charge in [-0.05, 0) is 70.2 Å². The molecule has 0 radical (unpaired) electrons. The standard InChI is InChI=1S/C29H37BrN2O3S2/c1-7-17(2)9-8-10-20(33)15-24-26(27-31-22-14-19(30)11-12-23(22)37-27)21-13-18(3)32(16-25(21)36-24)28(34)35-29(4,5)6/h11-12,14,17-18H,7-10,13,15-16H2,1-6H3/t17-,18+/m0/s1. The Hall–Kier alpha value is -1.77. The average Bonchev–Trinajstić information content (AvgIpc) is 3.36. The summed E-state index contributed by atoms with van der Waals surface area (Å²) in [4.78, 5) is 35.1. The van der Waals surface area contributed by atoms with Crippen LogP contribution in [-0.4, -0.2) is 33.4 Å². The molecule has 0 N–H and O–H groups in total. The molecule has 1 aliphatic rings. The van der Waals surface area contributed by atoms with Crippen LogP contribution in [0.4, 0.5) is 4.79 Å². The molecule has 2 atom stereocenters. The number of Topliss-reactive ketones (excluding diaryl/α,β-unsaturated/α-hetero) is 1. The Labute approximate surface area is 236 Å². The van der Waals surface area contributed by atoms with E-state index >= 15 is 0 Å². The van der Waals surface area contributed by atoms with Crippen molar-refractivity contribution >= 4 is 60.7 Å². The summed E-state index contributed by atoms with van der Waals surface area (Å²) in [5.41, 5.74) is 2.76. The van der Waals surface area contributed by atoms with E-state index in [4.69, 9.17) is 9.72 Å². The molecule has 0 bridgehead atoms. The summed E-state index contributed by atoms with van der Waals surface area (Å²) in [6.07, 6.45) is 4.65. The SMILES string of the molecule is CC[C@H](C)CCCC(=O)Cc1sc2c(c1-c1nc3cc(Br)ccc3s1)C[C@@H](C)N(C(=O)OC(C)(C)C)C2. The molecule has 0 spiro atoms. The van der Waals surface area contributed by atoms with Crippen molar-refractivity contribution in [3.8, 4) is 10.6 Å². The molecular weight excluding hydrogens is 568 g/mol. The first-order valence-corrected chi connectivity index (χ1v) is 15.6. The quantitative estimate of drug-likeness (QED) is 0.258. The van der Waals surface area contributed by atoms with E-state index in [9.17, 15) is 9.59 Å². The summed E-state index contributed by atoms with van der Waals surface area (Å²) in [5, 5.41) is 0.964. The molecule has 4 rings (SSSR count). The Morgan fingerprint density at radius 1 is 1.27 bits per heavy atom. The number of carbonyl (C=O) groups is 2. The van der Waals surface area contributed by atoms with Crippen molar-refractivity contribution in [2.24, 2.45) is 5.92 Å². The van der Waals surface area contributed by atoms with Crippen molar-refractivity contribution in [3.63, 3.8) is 0 Å². The lowest BCUT2D eigenvalue weighted by molar-refractivity contribution is -0.118. The maximum absolute atomic E-state index is 13.1. The second-order valence-electron chi connectivity index (χ2n) is 11.2. The number of rotatable bonds is 8. The minimum atomic E-state index is -0.542. The van der Waals surface area contributed by atoms with Gasteiger partial charge in [0.25, 0.3) is 0 Å². The van der Waals surface area contributed by atoms with E-state index < -0.39 is 5.60 Å². The lowest BCUT2D eigenvalue weighted by Crippen LogP contribution is -2.44. The highest BCUT2D eigenvalue weighted by atomic mass is 79.9. The van der Waals surface area contributed by atoms with Gasteiger partial charge in [0.2, 0.25) is 0 Å². The zero-order chi connectivity index (χ0) is 26.9. The summed E-state index contributed by atoms with van der Waals surface area (Å²) in [6, 6.07) is 6.17. The molecule has 0 aliphatic carbocycles. The van der Waals surface area contributed by atoms with E-state index in [1.165, 1.54) is 5.56 Å². The number of amides is 1. The van der Waals surface area contributed by atoms with Crippen molar-refractivity contribution in [1.29, 1.82) is 0 Å². The maximum Gasteiger partial charge on any atom is 0.410 e. The van der Waals surface area contributed by atoms with E-state index in [1.54, 1.807) is 22.7 Å². The number of hydrogen-bond donors (Lipinski definition) is 0. The Morgan fingerprint density at radius 2 is 2.03 bits per heavy atom. The van der Waals surface area contributed by atoms with E-state index in [0.717, 1.165) is 60.7 Å². The molecule has 1 aromatic carbocycles. The smallest absolute Gasteiger partial charge is 0.410 e. The molecule has 2 aromatic heterocycles. The van der Waals surface area contributed by atoms with E-state index in [0.29, 0.717) is 25.3 Å². The van der Waals surface area contributed by atoms with E-state index in [1.807, 2.05) is 37.8 Å². The van der Waals surface area contributed by atoms with Gasteiger partial charge in [-0.15, -0.1) is 22.7 Å². The number of hydrogen-bond acceptors (Lipinski definition) is 6. The van der Waals surface area contributed by atoms with Crippen molar-refractivity contribution in [2.45, 2.75) is 98.3 Å². The van der Waals surface area contributed by atoms with Crippen molar-refractivity contribution < 1.29 is 14.3 Å². The second-order valence-corrected chi connectivity index (χ2v) is 14.4. The minimum absolute atomic E-state index is 0.00157. The molecule has 1 aliphatic heterocycles. The number of ether oxygens (including phenoxy) is 1. The van der Waals surface area contributed by atoms with Crippen molar-refractivity contribution in [2.75, 3.05) is 0 Å². The summed E-state index contributed by atoms with van der Waals surface area (Å²) in [6.45, 7) is 12.7. The van der Waals surface area contributed by atoms with Crippen LogP contribution in [0, 0.1) is 5.92 Å². The molecule has 8 heteroatoms. The summed E-state index contributed by atoms with van der Waals surface area (Å²) in [5.74, 6) is 0.934. The third kappa shape index (κ3) is 6.82. The van der Waals surface area contributed by atoms with Gasteiger partial charge < -0.3 is 9.64 Å². The predicted octanol–water partition coefficient (Wildman–Crippen LogP) is 8.80. The molecule has 3 heterocycles. The van der Waals surface area contributed by atoms with Gasteiger partial charge in [0.15, 0.2) is 0 Å². The highest BCUT2D eigenvalue weighted by Crippen LogP contribution is 2.44. The van der Waals surface area contributed by atoms with Gasteiger partial charge in [-0.2, -0.15) is 0 Å². The molecule has 5 nitrogen and oxygen atoms in total. The molecule has 200 valence electrons. The van der Waals surface area contributed by atoms with Crippen molar-refractivity contribution in [1.82, 2.24) is 9.88 Å². The van der Waals surface area contributed by atoms with E-state index in [2.05, 4.69) is 42.8 Å². The van der Waals surface area contributed by atoms with Gasteiger partial charge in [0.05, 0.1) is 16.8 Å².